The number of unbranched alkanes of at least 4 members (excludes halogenated alkanes) is 1. The highest BCUT2D eigenvalue weighted by Gasteiger charge is 2.19. The molecule has 1 fully saturated rings. The second kappa shape index (κ2) is 8.83. The predicted octanol–water partition coefficient (Wildman–Crippen LogP) is 4.29. The number of carboxylic acids is 1. The molecule has 1 aromatic heterocycles. The number of nitrogens with one attached hydrogen (secondary N) is 1. The molecule has 1 aliphatic rings. The van der Waals surface area contributed by atoms with E-state index in [0.717, 1.165) is 74.5 Å². The molecule has 0 atom stereocenters. The first-order chi connectivity index (χ1) is 14.5. The Labute approximate surface area is 173 Å². The van der Waals surface area contributed by atoms with Gasteiger partial charge in [-0.3, -0.25) is 4.90 Å². The van der Waals surface area contributed by atoms with Gasteiger partial charge in [-0.05, 0) is 61.7 Å². The van der Waals surface area contributed by atoms with Gasteiger partial charge in [0.25, 0.3) is 0 Å². The fraction of sp³-hybridized carbons (Fsp3) is 0.348. The summed E-state index contributed by atoms with van der Waals surface area (Å²) in [7, 11) is 0. The number of rotatable bonds is 7. The minimum atomic E-state index is -0.913. The molecule has 3 aromatic rings. The molecule has 5 nitrogen and oxygen atoms in total. The number of piperazine rings is 1. The zero-order valence-electron chi connectivity index (χ0n) is 16.7. The number of aryl methyl sites for hydroxylation is 1. The minimum Gasteiger partial charge on any atom is -0.478 e. The Hall–Kier alpha value is -2.93. The van der Waals surface area contributed by atoms with Gasteiger partial charge in [0, 0.05) is 49.3 Å². The number of nitrogens with zero attached hydrogens (tertiary/aromatic N) is 2. The Balaban J connectivity index is 1.25. The highest BCUT2D eigenvalue weighted by molar-refractivity contribution is 5.94. The summed E-state index contributed by atoms with van der Waals surface area (Å²) in [6, 6.07) is 8.91. The van der Waals surface area contributed by atoms with E-state index in [9.17, 15) is 18.7 Å². The lowest BCUT2D eigenvalue weighted by molar-refractivity contribution is 0.0697. The van der Waals surface area contributed by atoms with E-state index in [1.54, 1.807) is 12.1 Å². The summed E-state index contributed by atoms with van der Waals surface area (Å²) in [5.74, 6) is -1.97. The maximum absolute atomic E-state index is 14.0. The van der Waals surface area contributed by atoms with E-state index in [1.807, 2.05) is 17.2 Å². The van der Waals surface area contributed by atoms with E-state index < -0.39 is 17.6 Å². The van der Waals surface area contributed by atoms with Gasteiger partial charge in [-0.25, -0.2) is 13.6 Å². The molecule has 0 radical (unpaired) electrons. The van der Waals surface area contributed by atoms with Crippen LogP contribution in [0.25, 0.3) is 10.9 Å². The van der Waals surface area contributed by atoms with Crippen molar-refractivity contribution in [3.05, 3.63) is 65.4 Å². The third kappa shape index (κ3) is 4.46. The molecule has 158 valence electrons. The third-order valence-corrected chi connectivity index (χ3v) is 5.81. The van der Waals surface area contributed by atoms with Crippen molar-refractivity contribution >= 4 is 22.6 Å². The first-order valence-corrected chi connectivity index (χ1v) is 10.3. The number of halogens is 2. The van der Waals surface area contributed by atoms with Crippen molar-refractivity contribution in [2.75, 3.05) is 37.6 Å². The highest BCUT2D eigenvalue weighted by Crippen LogP contribution is 2.23. The minimum absolute atomic E-state index is 0.304. The van der Waals surface area contributed by atoms with E-state index >= 15 is 0 Å². The first kappa shape index (κ1) is 20.3. The molecule has 1 aliphatic heterocycles. The van der Waals surface area contributed by atoms with Crippen LogP contribution in [0.3, 0.4) is 0 Å². The van der Waals surface area contributed by atoms with E-state index in [2.05, 4.69) is 9.88 Å². The van der Waals surface area contributed by atoms with Crippen molar-refractivity contribution < 1.29 is 18.7 Å². The second-order valence-corrected chi connectivity index (χ2v) is 7.76. The van der Waals surface area contributed by atoms with Crippen LogP contribution < -0.4 is 4.90 Å². The molecule has 4 rings (SSSR count). The maximum Gasteiger partial charge on any atom is 0.335 e. The molecule has 30 heavy (non-hydrogen) atoms. The van der Waals surface area contributed by atoms with Crippen LogP contribution in [0.15, 0.2) is 42.6 Å². The number of aromatic amines is 1. The Kier molecular flexibility index (Phi) is 5.99. The monoisotopic (exact) mass is 413 g/mol. The SMILES string of the molecule is O=C(O)c1ccc2[nH]cc(CCCCN3CCN(c4ccc(F)cc4F)CC3)c2c1. The lowest BCUT2D eigenvalue weighted by Crippen LogP contribution is -2.46. The number of carboxylic acid groups (broad SMARTS) is 1. The zero-order valence-corrected chi connectivity index (χ0v) is 16.7. The first-order valence-electron chi connectivity index (χ1n) is 10.3. The summed E-state index contributed by atoms with van der Waals surface area (Å²) in [6.45, 7) is 4.13. The number of carbonyl (C=O) groups is 1. The number of hydrogen-bond acceptors (Lipinski definition) is 3. The Morgan fingerprint density at radius 1 is 1.03 bits per heavy atom. The van der Waals surface area contributed by atoms with Crippen molar-refractivity contribution in [1.29, 1.82) is 0 Å². The smallest absolute Gasteiger partial charge is 0.335 e. The summed E-state index contributed by atoms with van der Waals surface area (Å²) < 4.78 is 27.1. The van der Waals surface area contributed by atoms with Gasteiger partial charge in [0.1, 0.15) is 11.6 Å². The molecular weight excluding hydrogens is 388 g/mol. The molecule has 0 spiro atoms. The van der Waals surface area contributed by atoms with Crippen LogP contribution in [0, 0.1) is 11.6 Å². The molecule has 0 saturated carbocycles. The lowest BCUT2D eigenvalue weighted by atomic mass is 10.0. The quantitative estimate of drug-likeness (QED) is 0.568. The topological polar surface area (TPSA) is 59.6 Å². The van der Waals surface area contributed by atoms with Gasteiger partial charge < -0.3 is 15.0 Å². The fourth-order valence-corrected chi connectivity index (χ4v) is 4.12. The average Bonchev–Trinajstić information content (AvgIpc) is 3.14. The van der Waals surface area contributed by atoms with Gasteiger partial charge in [0.2, 0.25) is 0 Å². The fourth-order valence-electron chi connectivity index (χ4n) is 4.12. The zero-order chi connectivity index (χ0) is 21.1. The Morgan fingerprint density at radius 2 is 1.83 bits per heavy atom. The van der Waals surface area contributed by atoms with Crippen molar-refractivity contribution in [2.45, 2.75) is 19.3 Å². The number of aromatic nitrogens is 1. The van der Waals surface area contributed by atoms with Crippen LogP contribution in [0.2, 0.25) is 0 Å². The Bertz CT molecular complexity index is 1040. The number of benzene rings is 2. The summed E-state index contributed by atoms with van der Waals surface area (Å²) in [5, 5.41) is 10.2. The lowest BCUT2D eigenvalue weighted by Gasteiger charge is -2.36. The molecular formula is C23H25F2N3O2. The van der Waals surface area contributed by atoms with E-state index in [4.69, 9.17) is 0 Å². The normalized spacial score (nSPS) is 15.1. The Morgan fingerprint density at radius 3 is 2.57 bits per heavy atom. The number of anilines is 1. The van der Waals surface area contributed by atoms with Gasteiger partial charge in [0.05, 0.1) is 11.3 Å². The summed E-state index contributed by atoms with van der Waals surface area (Å²) >= 11 is 0. The average molecular weight is 413 g/mol. The number of aromatic carboxylic acids is 1. The molecule has 0 bridgehead atoms. The van der Waals surface area contributed by atoms with Crippen LogP contribution in [-0.4, -0.2) is 53.7 Å². The highest BCUT2D eigenvalue weighted by atomic mass is 19.1. The molecule has 2 heterocycles. The van der Waals surface area contributed by atoms with Crippen LogP contribution in [0.5, 0.6) is 0 Å². The van der Waals surface area contributed by atoms with Crippen LogP contribution in [0.1, 0.15) is 28.8 Å². The number of H-pyrrole nitrogens is 1. The molecule has 7 heteroatoms. The van der Waals surface area contributed by atoms with E-state index in [-0.39, 0.29) is 0 Å². The van der Waals surface area contributed by atoms with Gasteiger partial charge in [-0.1, -0.05) is 0 Å². The van der Waals surface area contributed by atoms with Crippen molar-refractivity contribution in [3.8, 4) is 0 Å². The number of fused-ring (bicyclic) bond motifs is 1. The summed E-state index contributed by atoms with van der Waals surface area (Å²) in [4.78, 5) is 18.8. The second-order valence-electron chi connectivity index (χ2n) is 7.76. The van der Waals surface area contributed by atoms with Gasteiger partial charge in [0.15, 0.2) is 0 Å². The standard InChI is InChI=1S/C23H25F2N3O2/c24-18-5-7-22(20(25)14-18)28-11-9-27(10-12-28)8-2-1-3-17-15-26-21-6-4-16(23(29)30)13-19(17)21/h4-7,13-15,26H,1-3,8-12H2,(H,29,30). The molecule has 0 aliphatic carbocycles. The predicted molar refractivity (Wildman–Crippen MR) is 113 cm³/mol. The molecule has 2 N–H and O–H groups in total. The molecule has 2 aromatic carbocycles. The van der Waals surface area contributed by atoms with E-state index in [0.29, 0.717) is 11.3 Å². The van der Waals surface area contributed by atoms with Crippen LogP contribution >= 0.6 is 0 Å². The van der Waals surface area contributed by atoms with Crippen molar-refractivity contribution in [2.24, 2.45) is 0 Å². The van der Waals surface area contributed by atoms with E-state index in [1.165, 1.54) is 12.1 Å². The van der Waals surface area contributed by atoms with Gasteiger partial charge >= 0.3 is 5.97 Å². The largest absolute Gasteiger partial charge is 0.478 e. The van der Waals surface area contributed by atoms with Crippen molar-refractivity contribution in [1.82, 2.24) is 9.88 Å². The molecule has 1 saturated heterocycles. The van der Waals surface area contributed by atoms with Gasteiger partial charge in [-0.2, -0.15) is 0 Å². The van der Waals surface area contributed by atoms with Gasteiger partial charge in [-0.15, -0.1) is 0 Å². The summed E-state index contributed by atoms with van der Waals surface area (Å²) in [6.07, 6.45) is 4.91. The van der Waals surface area contributed by atoms with Crippen LogP contribution in [0.4, 0.5) is 14.5 Å². The van der Waals surface area contributed by atoms with Crippen molar-refractivity contribution in [3.63, 3.8) is 0 Å². The molecule has 0 amide bonds. The molecule has 0 unspecified atom stereocenters. The maximum atomic E-state index is 14.0. The van der Waals surface area contributed by atoms with Crippen LogP contribution in [-0.2, 0) is 6.42 Å². The number of hydrogen-bond donors (Lipinski definition) is 2. The summed E-state index contributed by atoms with van der Waals surface area (Å²) in [5.41, 5.74) is 2.87. The third-order valence-electron chi connectivity index (χ3n) is 5.81.